The maximum Gasteiger partial charge on any atom is 0.245 e. The first-order valence-corrected chi connectivity index (χ1v) is 9.65. The van der Waals surface area contributed by atoms with Crippen molar-refractivity contribution in [2.75, 3.05) is 32.4 Å². The minimum atomic E-state index is -3.70. The maximum atomic E-state index is 12.6. The second-order valence-electron chi connectivity index (χ2n) is 4.72. The van der Waals surface area contributed by atoms with Crippen LogP contribution in [0.1, 0.15) is 5.69 Å². The van der Waals surface area contributed by atoms with Gasteiger partial charge < -0.3 is 5.73 Å². The average Bonchev–Trinajstić information content (AvgIpc) is 2.46. The fraction of sp³-hybridized carbons (Fsp3) is 0.545. The number of hydrogen-bond donors (Lipinski definition) is 1. The van der Waals surface area contributed by atoms with Gasteiger partial charge in [-0.1, -0.05) is 0 Å². The molecule has 0 saturated carbocycles. The van der Waals surface area contributed by atoms with Gasteiger partial charge in [0.05, 0.1) is 11.9 Å². The van der Waals surface area contributed by atoms with E-state index in [9.17, 15) is 16.8 Å². The molecule has 1 aromatic heterocycles. The van der Waals surface area contributed by atoms with Gasteiger partial charge in [-0.25, -0.2) is 16.8 Å². The molecule has 10 heteroatoms. The van der Waals surface area contributed by atoms with E-state index in [4.69, 9.17) is 5.73 Å². The lowest BCUT2D eigenvalue weighted by Crippen LogP contribution is -2.50. The Labute approximate surface area is 124 Å². The van der Waals surface area contributed by atoms with Crippen LogP contribution in [0.3, 0.4) is 0 Å². The predicted octanol–water partition coefficient (Wildman–Crippen LogP) is -1.19. The summed E-state index contributed by atoms with van der Waals surface area (Å²) in [5.41, 5.74) is 5.83. The highest BCUT2D eigenvalue weighted by molar-refractivity contribution is 7.89. The van der Waals surface area contributed by atoms with Crippen molar-refractivity contribution in [2.45, 2.75) is 11.4 Å². The predicted molar refractivity (Wildman–Crippen MR) is 77.3 cm³/mol. The molecule has 0 aromatic carbocycles. The SMILES string of the molecule is CS(=O)(=O)N1CCN(S(=O)(=O)c2cccnc2CN)CC1. The topological polar surface area (TPSA) is 114 Å². The number of sulfonamides is 2. The van der Waals surface area contributed by atoms with Crippen LogP contribution >= 0.6 is 0 Å². The third-order valence-electron chi connectivity index (χ3n) is 3.33. The van der Waals surface area contributed by atoms with Gasteiger partial charge in [0, 0.05) is 38.9 Å². The highest BCUT2D eigenvalue weighted by Crippen LogP contribution is 2.20. The van der Waals surface area contributed by atoms with E-state index in [1.165, 1.54) is 20.9 Å². The number of nitrogens with two attached hydrogens (primary N) is 1. The minimum Gasteiger partial charge on any atom is -0.325 e. The first-order chi connectivity index (χ1) is 9.76. The van der Waals surface area contributed by atoms with Crippen molar-refractivity contribution in [3.05, 3.63) is 24.0 Å². The molecule has 0 atom stereocenters. The van der Waals surface area contributed by atoms with Gasteiger partial charge in [0.1, 0.15) is 4.90 Å². The fourth-order valence-electron chi connectivity index (χ4n) is 2.19. The van der Waals surface area contributed by atoms with Crippen molar-refractivity contribution in [3.63, 3.8) is 0 Å². The Hall–Kier alpha value is -1.07. The zero-order valence-corrected chi connectivity index (χ0v) is 13.3. The highest BCUT2D eigenvalue weighted by Gasteiger charge is 2.32. The van der Waals surface area contributed by atoms with Gasteiger partial charge >= 0.3 is 0 Å². The molecule has 2 N–H and O–H groups in total. The summed E-state index contributed by atoms with van der Waals surface area (Å²) in [5, 5.41) is 0. The van der Waals surface area contributed by atoms with Gasteiger partial charge in [-0.2, -0.15) is 8.61 Å². The number of piperazine rings is 1. The molecule has 0 radical (unpaired) electrons. The number of pyridine rings is 1. The number of aromatic nitrogens is 1. The summed E-state index contributed by atoms with van der Waals surface area (Å²) in [6.07, 6.45) is 2.60. The summed E-state index contributed by atoms with van der Waals surface area (Å²) < 4.78 is 50.6. The van der Waals surface area contributed by atoms with Crippen molar-refractivity contribution in [3.8, 4) is 0 Å². The summed E-state index contributed by atoms with van der Waals surface area (Å²) in [5.74, 6) is 0. The Balaban J connectivity index is 2.23. The molecular formula is C11H18N4O4S2. The lowest BCUT2D eigenvalue weighted by atomic mass is 10.3. The van der Waals surface area contributed by atoms with Crippen LogP contribution in [0, 0.1) is 0 Å². The molecule has 0 spiro atoms. The van der Waals surface area contributed by atoms with Gasteiger partial charge in [-0.05, 0) is 12.1 Å². The van der Waals surface area contributed by atoms with E-state index < -0.39 is 20.0 Å². The third-order valence-corrected chi connectivity index (χ3v) is 6.60. The van der Waals surface area contributed by atoms with E-state index in [0.717, 1.165) is 6.26 Å². The molecule has 21 heavy (non-hydrogen) atoms. The smallest absolute Gasteiger partial charge is 0.245 e. The van der Waals surface area contributed by atoms with Crippen molar-refractivity contribution < 1.29 is 16.8 Å². The minimum absolute atomic E-state index is 0.0265. The van der Waals surface area contributed by atoms with E-state index in [0.29, 0.717) is 5.69 Å². The van der Waals surface area contributed by atoms with Gasteiger partial charge in [0.25, 0.3) is 0 Å². The summed E-state index contributed by atoms with van der Waals surface area (Å²) in [4.78, 5) is 4.06. The maximum absolute atomic E-state index is 12.6. The zero-order chi connectivity index (χ0) is 15.7. The first-order valence-electron chi connectivity index (χ1n) is 6.36. The molecule has 0 aliphatic carbocycles. The van der Waals surface area contributed by atoms with Gasteiger partial charge in [-0.3, -0.25) is 4.98 Å². The van der Waals surface area contributed by atoms with E-state index in [1.807, 2.05) is 0 Å². The van der Waals surface area contributed by atoms with Crippen LogP contribution in [0.15, 0.2) is 23.2 Å². The zero-order valence-electron chi connectivity index (χ0n) is 11.6. The van der Waals surface area contributed by atoms with Crippen LogP contribution in [0.4, 0.5) is 0 Å². The molecule has 2 heterocycles. The van der Waals surface area contributed by atoms with Crippen molar-refractivity contribution in [2.24, 2.45) is 5.73 Å². The Morgan fingerprint density at radius 2 is 1.71 bits per heavy atom. The molecule has 2 rings (SSSR count). The Morgan fingerprint density at radius 3 is 2.24 bits per heavy atom. The van der Waals surface area contributed by atoms with Crippen LogP contribution in [-0.4, -0.2) is 62.9 Å². The summed E-state index contributed by atoms with van der Waals surface area (Å²) in [7, 11) is -7.00. The molecule has 1 aromatic rings. The van der Waals surface area contributed by atoms with E-state index in [2.05, 4.69) is 4.98 Å². The fourth-order valence-corrected chi connectivity index (χ4v) is 4.63. The average molecular weight is 334 g/mol. The van der Waals surface area contributed by atoms with Crippen LogP contribution in [-0.2, 0) is 26.6 Å². The van der Waals surface area contributed by atoms with Gasteiger partial charge in [0.15, 0.2) is 0 Å². The molecule has 8 nitrogen and oxygen atoms in total. The van der Waals surface area contributed by atoms with E-state index in [1.54, 1.807) is 6.07 Å². The van der Waals surface area contributed by atoms with Crippen molar-refractivity contribution in [1.29, 1.82) is 0 Å². The largest absolute Gasteiger partial charge is 0.325 e. The number of rotatable bonds is 4. The molecule has 0 amide bonds. The molecule has 1 fully saturated rings. The van der Waals surface area contributed by atoms with Gasteiger partial charge in [-0.15, -0.1) is 0 Å². The Bertz CT molecular complexity index is 709. The Morgan fingerprint density at radius 1 is 1.14 bits per heavy atom. The first kappa shape index (κ1) is 16.3. The molecular weight excluding hydrogens is 316 g/mol. The summed E-state index contributed by atoms with van der Waals surface area (Å²) >= 11 is 0. The Kier molecular flexibility index (Phi) is 4.63. The second-order valence-corrected chi connectivity index (χ2v) is 8.61. The monoisotopic (exact) mass is 334 g/mol. The summed E-state index contributed by atoms with van der Waals surface area (Å²) in [6.45, 7) is 0.563. The van der Waals surface area contributed by atoms with E-state index in [-0.39, 0.29) is 37.6 Å². The quantitative estimate of drug-likeness (QED) is 0.740. The number of nitrogens with zero attached hydrogens (tertiary/aromatic N) is 3. The standard InChI is InChI=1S/C11H18N4O4S2/c1-20(16,17)14-5-7-15(8-6-14)21(18,19)11-3-2-4-13-10(11)9-12/h2-4H,5-9,12H2,1H3. The second kappa shape index (κ2) is 5.97. The molecule has 1 saturated heterocycles. The normalized spacial score (nSPS) is 18.8. The lowest BCUT2D eigenvalue weighted by molar-refractivity contribution is 0.274. The van der Waals surface area contributed by atoms with E-state index >= 15 is 0 Å². The van der Waals surface area contributed by atoms with Crippen molar-refractivity contribution in [1.82, 2.24) is 13.6 Å². The number of hydrogen-bond acceptors (Lipinski definition) is 6. The summed E-state index contributed by atoms with van der Waals surface area (Å²) in [6, 6.07) is 3.01. The molecule has 0 bridgehead atoms. The molecule has 0 unspecified atom stereocenters. The van der Waals surface area contributed by atoms with Gasteiger partial charge in [0.2, 0.25) is 20.0 Å². The molecule has 1 aliphatic rings. The molecule has 118 valence electrons. The lowest BCUT2D eigenvalue weighted by Gasteiger charge is -2.32. The van der Waals surface area contributed by atoms with Crippen LogP contribution in [0.5, 0.6) is 0 Å². The van der Waals surface area contributed by atoms with Crippen LogP contribution in [0.2, 0.25) is 0 Å². The van der Waals surface area contributed by atoms with Crippen molar-refractivity contribution >= 4 is 20.0 Å². The third kappa shape index (κ3) is 3.40. The van der Waals surface area contributed by atoms with Crippen LogP contribution < -0.4 is 5.73 Å². The van der Waals surface area contributed by atoms with Crippen LogP contribution in [0.25, 0.3) is 0 Å². The molecule has 1 aliphatic heterocycles. The highest BCUT2D eigenvalue weighted by atomic mass is 32.2.